The third-order valence-electron chi connectivity index (χ3n) is 4.55. The van der Waals surface area contributed by atoms with Crippen molar-refractivity contribution in [2.45, 2.75) is 25.8 Å². The van der Waals surface area contributed by atoms with Gasteiger partial charge in [0.05, 0.1) is 0 Å². The van der Waals surface area contributed by atoms with E-state index < -0.39 is 0 Å². The van der Waals surface area contributed by atoms with Gasteiger partial charge in [0.1, 0.15) is 0 Å². The number of anilines is 1. The molecule has 3 rings (SSSR count). The van der Waals surface area contributed by atoms with E-state index in [4.69, 9.17) is 0 Å². The number of aryl methyl sites for hydroxylation is 1. The summed E-state index contributed by atoms with van der Waals surface area (Å²) in [5.74, 6) is 0.875. The number of guanidine groups is 1. The second-order valence-corrected chi connectivity index (χ2v) is 6.47. The van der Waals surface area contributed by atoms with Crippen LogP contribution in [0.2, 0.25) is 0 Å². The van der Waals surface area contributed by atoms with Crippen LogP contribution in [0.15, 0.2) is 53.7 Å². The lowest BCUT2D eigenvalue weighted by molar-refractivity contribution is 0.648. The lowest BCUT2D eigenvalue weighted by Gasteiger charge is -2.20. The second kappa shape index (κ2) is 10.4. The van der Waals surface area contributed by atoms with Gasteiger partial charge in [-0.3, -0.25) is 9.98 Å². The molecule has 1 aromatic carbocycles. The lowest BCUT2D eigenvalue weighted by Crippen LogP contribution is -2.45. The normalized spacial score (nSPS) is 16.9. The lowest BCUT2D eigenvalue weighted by atomic mass is 10.2. The molecule has 2 N–H and O–H groups in total. The van der Waals surface area contributed by atoms with E-state index in [0.29, 0.717) is 6.04 Å². The minimum absolute atomic E-state index is 0. The standard InChI is InChI=1S/C20H27N5.HI/c1-16-8-9-17(14-23-16)10-12-22-20(21-2)24-18-11-13-25(15-18)19-6-4-3-5-7-19;/h3-9,14,18H,10-13,15H2,1-2H3,(H2,21,22,24);1H. The number of aromatic nitrogens is 1. The fourth-order valence-corrected chi connectivity index (χ4v) is 3.11. The highest BCUT2D eigenvalue weighted by molar-refractivity contribution is 14.0. The molecule has 5 nitrogen and oxygen atoms in total. The molecule has 1 aromatic heterocycles. The third-order valence-corrected chi connectivity index (χ3v) is 4.55. The molecule has 140 valence electrons. The third kappa shape index (κ3) is 5.86. The van der Waals surface area contributed by atoms with E-state index in [1.165, 1.54) is 11.3 Å². The number of nitrogens with one attached hydrogen (secondary N) is 2. The number of rotatable bonds is 5. The summed E-state index contributed by atoms with van der Waals surface area (Å²) in [6.07, 6.45) is 4.01. The van der Waals surface area contributed by atoms with Crippen LogP contribution in [0.5, 0.6) is 0 Å². The van der Waals surface area contributed by atoms with Crippen LogP contribution in [-0.2, 0) is 6.42 Å². The largest absolute Gasteiger partial charge is 0.369 e. The van der Waals surface area contributed by atoms with Crippen LogP contribution in [0.4, 0.5) is 5.69 Å². The van der Waals surface area contributed by atoms with E-state index in [2.05, 4.69) is 68.0 Å². The number of pyridine rings is 1. The maximum atomic E-state index is 4.35. The van der Waals surface area contributed by atoms with E-state index in [-0.39, 0.29) is 24.0 Å². The first-order chi connectivity index (χ1) is 12.2. The zero-order chi connectivity index (χ0) is 17.5. The van der Waals surface area contributed by atoms with Crippen molar-refractivity contribution < 1.29 is 0 Å². The topological polar surface area (TPSA) is 52.6 Å². The van der Waals surface area contributed by atoms with E-state index in [1.807, 2.05) is 20.2 Å². The summed E-state index contributed by atoms with van der Waals surface area (Å²) in [7, 11) is 1.83. The van der Waals surface area contributed by atoms with Gasteiger partial charge in [-0.2, -0.15) is 0 Å². The van der Waals surface area contributed by atoms with Crippen LogP contribution in [0, 0.1) is 6.92 Å². The summed E-state index contributed by atoms with van der Waals surface area (Å²) in [5, 5.41) is 6.95. The highest BCUT2D eigenvalue weighted by Crippen LogP contribution is 2.19. The van der Waals surface area contributed by atoms with Crippen molar-refractivity contribution in [2.24, 2.45) is 4.99 Å². The van der Waals surface area contributed by atoms with Crippen LogP contribution in [-0.4, -0.2) is 43.7 Å². The molecule has 0 radical (unpaired) electrons. The highest BCUT2D eigenvalue weighted by Gasteiger charge is 2.23. The molecule has 1 atom stereocenters. The van der Waals surface area contributed by atoms with Gasteiger partial charge in [-0.05, 0) is 43.5 Å². The van der Waals surface area contributed by atoms with E-state index in [0.717, 1.165) is 44.1 Å². The molecule has 1 fully saturated rings. The summed E-state index contributed by atoms with van der Waals surface area (Å²) >= 11 is 0. The highest BCUT2D eigenvalue weighted by atomic mass is 127. The molecule has 6 heteroatoms. The molecule has 1 saturated heterocycles. The number of hydrogen-bond donors (Lipinski definition) is 2. The van der Waals surface area contributed by atoms with Crippen LogP contribution >= 0.6 is 24.0 Å². The summed E-state index contributed by atoms with van der Waals surface area (Å²) in [4.78, 5) is 11.1. The van der Waals surface area contributed by atoms with Gasteiger partial charge in [-0.1, -0.05) is 24.3 Å². The maximum Gasteiger partial charge on any atom is 0.191 e. The number of aliphatic imine (C=N–C) groups is 1. The predicted molar refractivity (Wildman–Crippen MR) is 120 cm³/mol. The van der Waals surface area contributed by atoms with Crippen molar-refractivity contribution in [3.05, 3.63) is 59.9 Å². The molecule has 1 aliphatic heterocycles. The SMILES string of the molecule is CN=C(NCCc1ccc(C)nc1)NC1CCN(c2ccccc2)C1.I. The molecular weight excluding hydrogens is 437 g/mol. The minimum Gasteiger partial charge on any atom is -0.369 e. The van der Waals surface area contributed by atoms with Crippen molar-refractivity contribution >= 4 is 35.6 Å². The van der Waals surface area contributed by atoms with E-state index in [9.17, 15) is 0 Å². The summed E-state index contributed by atoms with van der Waals surface area (Å²) in [6, 6.07) is 15.2. The minimum atomic E-state index is 0. The molecule has 0 aliphatic carbocycles. The number of para-hydroxylation sites is 1. The van der Waals surface area contributed by atoms with Gasteiger partial charge in [0.2, 0.25) is 0 Å². The Balaban J connectivity index is 0.00000243. The Morgan fingerprint density at radius 2 is 2.04 bits per heavy atom. The van der Waals surface area contributed by atoms with Gasteiger partial charge in [-0.15, -0.1) is 24.0 Å². The van der Waals surface area contributed by atoms with Crippen LogP contribution < -0.4 is 15.5 Å². The molecule has 0 saturated carbocycles. The van der Waals surface area contributed by atoms with Crippen molar-refractivity contribution in [1.82, 2.24) is 15.6 Å². The molecule has 26 heavy (non-hydrogen) atoms. The second-order valence-electron chi connectivity index (χ2n) is 6.47. The molecule has 1 aliphatic rings. The maximum absolute atomic E-state index is 4.35. The fraction of sp³-hybridized carbons (Fsp3) is 0.400. The van der Waals surface area contributed by atoms with Crippen LogP contribution in [0.3, 0.4) is 0 Å². The summed E-state index contributed by atoms with van der Waals surface area (Å²) < 4.78 is 0. The van der Waals surface area contributed by atoms with Gasteiger partial charge < -0.3 is 15.5 Å². The van der Waals surface area contributed by atoms with Gasteiger partial charge in [0.15, 0.2) is 5.96 Å². The van der Waals surface area contributed by atoms with Gasteiger partial charge in [0, 0.05) is 50.3 Å². The van der Waals surface area contributed by atoms with Crippen molar-refractivity contribution in [1.29, 1.82) is 0 Å². The average Bonchev–Trinajstić information content (AvgIpc) is 3.12. The summed E-state index contributed by atoms with van der Waals surface area (Å²) in [5.41, 5.74) is 3.59. The first-order valence-electron chi connectivity index (χ1n) is 8.93. The number of hydrogen-bond acceptors (Lipinski definition) is 3. The number of halogens is 1. The monoisotopic (exact) mass is 465 g/mol. The molecule has 0 bridgehead atoms. The van der Waals surface area contributed by atoms with E-state index in [1.54, 1.807) is 0 Å². The van der Waals surface area contributed by atoms with Crippen molar-refractivity contribution in [3.8, 4) is 0 Å². The predicted octanol–water partition coefficient (Wildman–Crippen LogP) is 2.99. The first kappa shape index (κ1) is 20.5. The van der Waals surface area contributed by atoms with Gasteiger partial charge in [-0.25, -0.2) is 0 Å². The summed E-state index contributed by atoms with van der Waals surface area (Å²) in [6.45, 7) is 4.94. The zero-order valence-corrected chi connectivity index (χ0v) is 17.8. The Morgan fingerprint density at radius 1 is 1.23 bits per heavy atom. The Hall–Kier alpha value is -1.83. The van der Waals surface area contributed by atoms with Gasteiger partial charge >= 0.3 is 0 Å². The van der Waals surface area contributed by atoms with E-state index >= 15 is 0 Å². The number of nitrogens with zero attached hydrogens (tertiary/aromatic N) is 3. The quantitative estimate of drug-likeness (QED) is 0.405. The molecule has 0 amide bonds. The molecule has 1 unspecified atom stereocenters. The fourth-order valence-electron chi connectivity index (χ4n) is 3.11. The Bertz CT molecular complexity index is 687. The van der Waals surface area contributed by atoms with Crippen molar-refractivity contribution in [2.75, 3.05) is 31.6 Å². The molecule has 2 heterocycles. The molecule has 0 spiro atoms. The average molecular weight is 465 g/mol. The first-order valence-corrected chi connectivity index (χ1v) is 8.93. The molecule has 2 aromatic rings. The Kier molecular flexibility index (Phi) is 8.15. The van der Waals surface area contributed by atoms with Gasteiger partial charge in [0.25, 0.3) is 0 Å². The van der Waals surface area contributed by atoms with Crippen molar-refractivity contribution in [3.63, 3.8) is 0 Å². The Labute approximate surface area is 173 Å². The Morgan fingerprint density at radius 3 is 2.73 bits per heavy atom. The molecular formula is C20H28IN5. The number of benzene rings is 1. The smallest absolute Gasteiger partial charge is 0.191 e. The van der Waals surface area contributed by atoms with Crippen LogP contribution in [0.25, 0.3) is 0 Å². The van der Waals surface area contributed by atoms with Crippen LogP contribution in [0.1, 0.15) is 17.7 Å². The zero-order valence-electron chi connectivity index (χ0n) is 15.5.